The van der Waals surface area contributed by atoms with Gasteiger partial charge in [-0.15, -0.1) is 10.2 Å². The van der Waals surface area contributed by atoms with Gasteiger partial charge in [-0.2, -0.15) is 0 Å². The third kappa shape index (κ3) is 3.34. The van der Waals surface area contributed by atoms with Crippen LogP contribution in [0.1, 0.15) is 63.0 Å². The number of piperidine rings is 1. The van der Waals surface area contributed by atoms with Gasteiger partial charge in [0, 0.05) is 25.6 Å². The first-order valence-electron chi connectivity index (χ1n) is 9.74. The molecule has 132 valence electrons. The Bertz CT molecular complexity index is 578. The highest BCUT2D eigenvalue weighted by molar-refractivity contribution is 5.78. The SMILES string of the molecule is O=C(NCc1nnc2n1CCCC2)[C@H]1CCCN(C2CCCC2)C1. The maximum atomic E-state index is 12.6. The number of aryl methyl sites for hydroxylation is 1. The lowest BCUT2D eigenvalue weighted by molar-refractivity contribution is -0.127. The molecule has 1 atom stereocenters. The lowest BCUT2D eigenvalue weighted by Crippen LogP contribution is -2.46. The minimum Gasteiger partial charge on any atom is -0.349 e. The average Bonchev–Trinajstić information content (AvgIpc) is 3.30. The topological polar surface area (TPSA) is 63.1 Å². The lowest BCUT2D eigenvalue weighted by atomic mass is 9.95. The van der Waals surface area contributed by atoms with Crippen molar-refractivity contribution in [2.45, 2.75) is 76.9 Å². The van der Waals surface area contributed by atoms with E-state index in [0.717, 1.165) is 50.0 Å². The van der Waals surface area contributed by atoms with E-state index in [1.165, 1.54) is 45.1 Å². The van der Waals surface area contributed by atoms with Gasteiger partial charge in [0.1, 0.15) is 5.82 Å². The number of fused-ring (bicyclic) bond motifs is 1. The number of hydrogen-bond donors (Lipinski definition) is 1. The van der Waals surface area contributed by atoms with Gasteiger partial charge in [-0.25, -0.2) is 0 Å². The largest absolute Gasteiger partial charge is 0.349 e. The molecule has 3 aliphatic rings. The van der Waals surface area contributed by atoms with E-state index in [2.05, 4.69) is 25.0 Å². The summed E-state index contributed by atoms with van der Waals surface area (Å²) in [6.07, 6.45) is 10.9. The first-order chi connectivity index (χ1) is 11.8. The van der Waals surface area contributed by atoms with Crippen LogP contribution < -0.4 is 5.32 Å². The summed E-state index contributed by atoms with van der Waals surface area (Å²) in [6, 6.07) is 0.726. The van der Waals surface area contributed by atoms with Gasteiger partial charge in [0.2, 0.25) is 5.91 Å². The maximum absolute atomic E-state index is 12.6. The van der Waals surface area contributed by atoms with Crippen LogP contribution in [-0.4, -0.2) is 44.7 Å². The van der Waals surface area contributed by atoms with E-state index in [-0.39, 0.29) is 11.8 Å². The Morgan fingerprint density at radius 1 is 1.04 bits per heavy atom. The number of rotatable bonds is 4. The van der Waals surface area contributed by atoms with Crippen molar-refractivity contribution in [2.75, 3.05) is 13.1 Å². The second-order valence-electron chi connectivity index (χ2n) is 7.63. The van der Waals surface area contributed by atoms with E-state index in [4.69, 9.17) is 0 Å². The van der Waals surface area contributed by atoms with E-state index in [9.17, 15) is 4.79 Å². The molecular formula is C18H29N5O. The Kier molecular flexibility index (Phi) is 4.83. The van der Waals surface area contributed by atoms with E-state index >= 15 is 0 Å². The zero-order valence-corrected chi connectivity index (χ0v) is 14.5. The molecule has 6 nitrogen and oxygen atoms in total. The summed E-state index contributed by atoms with van der Waals surface area (Å²) in [6.45, 7) is 3.62. The van der Waals surface area contributed by atoms with Gasteiger partial charge in [-0.3, -0.25) is 9.69 Å². The molecule has 1 saturated heterocycles. The number of carbonyl (C=O) groups excluding carboxylic acids is 1. The average molecular weight is 331 g/mol. The van der Waals surface area contributed by atoms with Crippen LogP contribution in [0.15, 0.2) is 0 Å². The molecule has 24 heavy (non-hydrogen) atoms. The molecule has 1 aromatic heterocycles. The summed E-state index contributed by atoms with van der Waals surface area (Å²) in [5, 5.41) is 11.7. The van der Waals surface area contributed by atoms with Crippen molar-refractivity contribution < 1.29 is 4.79 Å². The molecule has 4 rings (SSSR count). The fourth-order valence-corrected chi connectivity index (χ4v) is 4.63. The first kappa shape index (κ1) is 16.1. The molecule has 2 fully saturated rings. The van der Waals surface area contributed by atoms with Crippen molar-refractivity contribution in [2.24, 2.45) is 5.92 Å². The zero-order valence-electron chi connectivity index (χ0n) is 14.5. The summed E-state index contributed by atoms with van der Waals surface area (Å²) in [5.41, 5.74) is 0. The van der Waals surface area contributed by atoms with Gasteiger partial charge in [0.25, 0.3) is 0 Å². The summed E-state index contributed by atoms with van der Waals surface area (Å²) in [4.78, 5) is 15.2. The third-order valence-electron chi connectivity index (χ3n) is 6.02. The lowest BCUT2D eigenvalue weighted by Gasteiger charge is -2.36. The van der Waals surface area contributed by atoms with Gasteiger partial charge in [0.15, 0.2) is 5.82 Å². The molecule has 0 unspecified atom stereocenters. The fraction of sp³-hybridized carbons (Fsp3) is 0.833. The number of amides is 1. The van der Waals surface area contributed by atoms with Gasteiger partial charge in [-0.05, 0) is 45.1 Å². The van der Waals surface area contributed by atoms with Crippen molar-refractivity contribution in [3.05, 3.63) is 11.6 Å². The van der Waals surface area contributed by atoms with Gasteiger partial charge < -0.3 is 9.88 Å². The Balaban J connectivity index is 1.31. The highest BCUT2D eigenvalue weighted by Crippen LogP contribution is 2.28. The molecular weight excluding hydrogens is 302 g/mol. The van der Waals surface area contributed by atoms with Gasteiger partial charge in [-0.1, -0.05) is 12.8 Å². The first-order valence-corrected chi connectivity index (χ1v) is 9.74. The molecule has 2 aliphatic heterocycles. The number of likely N-dealkylation sites (tertiary alicyclic amines) is 1. The van der Waals surface area contributed by atoms with Crippen LogP contribution in [0.5, 0.6) is 0 Å². The van der Waals surface area contributed by atoms with Gasteiger partial charge in [0.05, 0.1) is 12.5 Å². The van der Waals surface area contributed by atoms with Crippen molar-refractivity contribution >= 4 is 5.91 Å². The predicted molar refractivity (Wildman–Crippen MR) is 91.4 cm³/mol. The summed E-state index contributed by atoms with van der Waals surface area (Å²) < 4.78 is 2.19. The van der Waals surface area contributed by atoms with Crippen LogP contribution in [0, 0.1) is 5.92 Å². The van der Waals surface area contributed by atoms with Crippen molar-refractivity contribution in [3.8, 4) is 0 Å². The Morgan fingerprint density at radius 2 is 1.92 bits per heavy atom. The smallest absolute Gasteiger partial charge is 0.224 e. The number of nitrogens with zero attached hydrogens (tertiary/aromatic N) is 4. The molecule has 1 aromatic rings. The Morgan fingerprint density at radius 3 is 2.79 bits per heavy atom. The summed E-state index contributed by atoms with van der Waals surface area (Å²) in [5.74, 6) is 2.34. The standard InChI is InChI=1S/C18H29N5O/c24-18(14-6-5-10-22(13-14)15-7-1-2-8-15)19-12-17-21-20-16-9-3-4-11-23(16)17/h14-15H,1-13H2,(H,19,24)/t14-/m0/s1. The van der Waals surface area contributed by atoms with E-state index in [1.807, 2.05) is 0 Å². The van der Waals surface area contributed by atoms with Crippen LogP contribution in [-0.2, 0) is 24.3 Å². The Hall–Kier alpha value is -1.43. The summed E-state index contributed by atoms with van der Waals surface area (Å²) in [7, 11) is 0. The minimum absolute atomic E-state index is 0.142. The van der Waals surface area contributed by atoms with Crippen LogP contribution in [0.25, 0.3) is 0 Å². The highest BCUT2D eigenvalue weighted by Gasteiger charge is 2.31. The zero-order chi connectivity index (χ0) is 16.4. The maximum Gasteiger partial charge on any atom is 0.224 e. The molecule has 0 radical (unpaired) electrons. The number of aromatic nitrogens is 3. The minimum atomic E-state index is 0.142. The van der Waals surface area contributed by atoms with Crippen molar-refractivity contribution in [1.29, 1.82) is 0 Å². The van der Waals surface area contributed by atoms with Crippen molar-refractivity contribution in [1.82, 2.24) is 25.0 Å². The quantitative estimate of drug-likeness (QED) is 0.915. The molecule has 6 heteroatoms. The molecule has 1 aliphatic carbocycles. The van der Waals surface area contributed by atoms with E-state index < -0.39 is 0 Å². The van der Waals surface area contributed by atoms with Crippen LogP contribution in [0.3, 0.4) is 0 Å². The van der Waals surface area contributed by atoms with E-state index in [0.29, 0.717) is 6.54 Å². The molecule has 1 saturated carbocycles. The molecule has 0 aromatic carbocycles. The molecule has 3 heterocycles. The van der Waals surface area contributed by atoms with Crippen LogP contribution in [0.2, 0.25) is 0 Å². The normalized spacial score (nSPS) is 25.6. The predicted octanol–water partition coefficient (Wildman–Crippen LogP) is 1.89. The van der Waals surface area contributed by atoms with Crippen LogP contribution in [0.4, 0.5) is 0 Å². The third-order valence-corrected chi connectivity index (χ3v) is 6.02. The van der Waals surface area contributed by atoms with Crippen molar-refractivity contribution in [3.63, 3.8) is 0 Å². The monoisotopic (exact) mass is 331 g/mol. The molecule has 1 amide bonds. The summed E-state index contributed by atoms with van der Waals surface area (Å²) >= 11 is 0. The molecule has 0 spiro atoms. The molecule has 1 N–H and O–H groups in total. The van der Waals surface area contributed by atoms with E-state index in [1.54, 1.807) is 0 Å². The number of carbonyl (C=O) groups is 1. The number of hydrogen-bond acceptors (Lipinski definition) is 4. The second kappa shape index (κ2) is 7.21. The second-order valence-corrected chi connectivity index (χ2v) is 7.63. The highest BCUT2D eigenvalue weighted by atomic mass is 16.1. The van der Waals surface area contributed by atoms with Gasteiger partial charge >= 0.3 is 0 Å². The molecule has 0 bridgehead atoms. The van der Waals surface area contributed by atoms with Crippen LogP contribution >= 0.6 is 0 Å². The number of nitrogens with one attached hydrogen (secondary N) is 1. The fourth-order valence-electron chi connectivity index (χ4n) is 4.63. The Labute approximate surface area is 144 Å².